The number of pyridine rings is 1. The highest BCUT2D eigenvalue weighted by Gasteiger charge is 2.15. The molecule has 0 unspecified atom stereocenters. The second kappa shape index (κ2) is 4.15. The SMILES string of the molecule is Fc1cc(C(F)F)nc(CCl)c1Cl. The highest BCUT2D eigenvalue weighted by atomic mass is 35.5. The maximum absolute atomic E-state index is 12.8. The highest BCUT2D eigenvalue weighted by molar-refractivity contribution is 6.32. The van der Waals surface area contributed by atoms with E-state index in [-0.39, 0.29) is 16.6 Å². The van der Waals surface area contributed by atoms with E-state index in [2.05, 4.69) is 4.98 Å². The van der Waals surface area contributed by atoms with Gasteiger partial charge in [0.2, 0.25) is 0 Å². The molecule has 1 aromatic heterocycles. The van der Waals surface area contributed by atoms with Gasteiger partial charge in [-0.2, -0.15) is 0 Å². The summed E-state index contributed by atoms with van der Waals surface area (Å²) in [6.45, 7) is 0. The minimum Gasteiger partial charge on any atom is -0.249 e. The van der Waals surface area contributed by atoms with E-state index in [4.69, 9.17) is 23.2 Å². The van der Waals surface area contributed by atoms with Crippen molar-refractivity contribution in [1.29, 1.82) is 0 Å². The van der Waals surface area contributed by atoms with E-state index in [1.165, 1.54) is 0 Å². The standard InChI is InChI=1S/C7H4Cl2F3N/c8-2-5-6(9)3(10)1-4(13-5)7(11)12/h1,7H,2H2. The van der Waals surface area contributed by atoms with E-state index in [0.29, 0.717) is 6.07 Å². The van der Waals surface area contributed by atoms with Crippen LogP contribution < -0.4 is 0 Å². The fourth-order valence-electron chi connectivity index (χ4n) is 0.769. The fraction of sp³-hybridized carbons (Fsp3) is 0.286. The summed E-state index contributed by atoms with van der Waals surface area (Å²) in [6.07, 6.45) is -2.83. The Morgan fingerprint density at radius 3 is 2.54 bits per heavy atom. The second-order valence-electron chi connectivity index (χ2n) is 2.22. The van der Waals surface area contributed by atoms with Crippen LogP contribution in [0, 0.1) is 5.82 Å². The molecule has 0 saturated carbocycles. The van der Waals surface area contributed by atoms with E-state index < -0.39 is 17.9 Å². The molecule has 1 heterocycles. The van der Waals surface area contributed by atoms with Gasteiger partial charge < -0.3 is 0 Å². The van der Waals surface area contributed by atoms with E-state index >= 15 is 0 Å². The molecule has 6 heteroatoms. The summed E-state index contributed by atoms with van der Waals surface area (Å²) in [5, 5.41) is -0.306. The van der Waals surface area contributed by atoms with Crippen LogP contribution in [0.4, 0.5) is 13.2 Å². The molecule has 13 heavy (non-hydrogen) atoms. The quantitative estimate of drug-likeness (QED) is 0.708. The third kappa shape index (κ3) is 2.25. The number of rotatable bonds is 2. The molecule has 1 rings (SSSR count). The van der Waals surface area contributed by atoms with E-state index in [9.17, 15) is 13.2 Å². The van der Waals surface area contributed by atoms with Crippen molar-refractivity contribution in [2.24, 2.45) is 0 Å². The Labute approximate surface area is 82.5 Å². The minimum absolute atomic E-state index is 0.0707. The van der Waals surface area contributed by atoms with E-state index in [1.54, 1.807) is 0 Å². The zero-order chi connectivity index (χ0) is 10.0. The topological polar surface area (TPSA) is 12.9 Å². The van der Waals surface area contributed by atoms with Crippen molar-refractivity contribution < 1.29 is 13.2 Å². The van der Waals surface area contributed by atoms with Gasteiger partial charge in [0.15, 0.2) is 0 Å². The number of nitrogens with zero attached hydrogens (tertiary/aromatic N) is 1. The molecule has 0 N–H and O–H groups in total. The van der Waals surface area contributed by atoms with Crippen molar-refractivity contribution >= 4 is 23.2 Å². The van der Waals surface area contributed by atoms with Crippen LogP contribution in [0.25, 0.3) is 0 Å². The fourth-order valence-corrected chi connectivity index (χ4v) is 1.19. The van der Waals surface area contributed by atoms with Crippen LogP contribution in [0.2, 0.25) is 5.02 Å². The minimum atomic E-state index is -2.83. The summed E-state index contributed by atoms with van der Waals surface area (Å²) in [5.41, 5.74) is -0.726. The largest absolute Gasteiger partial charge is 0.280 e. The van der Waals surface area contributed by atoms with Crippen LogP contribution in [-0.2, 0) is 5.88 Å². The number of halogens is 5. The molecule has 0 aliphatic heterocycles. The van der Waals surface area contributed by atoms with Gasteiger partial charge in [-0.25, -0.2) is 18.2 Å². The van der Waals surface area contributed by atoms with Crippen LogP contribution >= 0.6 is 23.2 Å². The van der Waals surface area contributed by atoms with Crippen LogP contribution in [-0.4, -0.2) is 4.98 Å². The zero-order valence-corrected chi connectivity index (χ0v) is 7.71. The molecule has 0 aliphatic carbocycles. The van der Waals surface area contributed by atoms with Crippen LogP contribution in [0.5, 0.6) is 0 Å². The predicted octanol–water partition coefficient (Wildman–Crippen LogP) is 3.55. The average molecular weight is 230 g/mol. The molecule has 0 bridgehead atoms. The van der Waals surface area contributed by atoms with Crippen molar-refractivity contribution in [1.82, 2.24) is 4.98 Å². The van der Waals surface area contributed by atoms with Crippen LogP contribution in [0.15, 0.2) is 6.07 Å². The van der Waals surface area contributed by atoms with Crippen LogP contribution in [0.3, 0.4) is 0 Å². The van der Waals surface area contributed by atoms with Gasteiger partial charge in [-0.3, -0.25) is 0 Å². The summed E-state index contributed by atoms with van der Waals surface area (Å²) < 4.78 is 37.0. The summed E-state index contributed by atoms with van der Waals surface area (Å²) in [5.74, 6) is -1.13. The zero-order valence-electron chi connectivity index (χ0n) is 6.20. The number of hydrogen-bond donors (Lipinski definition) is 0. The third-order valence-electron chi connectivity index (χ3n) is 1.35. The molecule has 0 saturated heterocycles. The van der Waals surface area contributed by atoms with Gasteiger partial charge in [0, 0.05) is 6.07 Å². The summed E-state index contributed by atoms with van der Waals surface area (Å²) >= 11 is 10.7. The molecule has 0 amide bonds. The Balaban J connectivity index is 3.22. The lowest BCUT2D eigenvalue weighted by Gasteiger charge is -2.04. The summed E-state index contributed by atoms with van der Waals surface area (Å²) in [4.78, 5) is 3.40. The molecule has 1 nitrogen and oxygen atoms in total. The molecule has 1 aromatic rings. The van der Waals surface area contributed by atoms with Gasteiger partial charge in [-0.1, -0.05) is 11.6 Å². The van der Waals surface area contributed by atoms with Gasteiger partial charge in [-0.05, 0) is 0 Å². The maximum Gasteiger partial charge on any atom is 0.280 e. The monoisotopic (exact) mass is 229 g/mol. The maximum atomic E-state index is 12.8. The van der Waals surface area contributed by atoms with Gasteiger partial charge in [0.1, 0.15) is 11.5 Å². The van der Waals surface area contributed by atoms with Gasteiger partial charge >= 0.3 is 0 Å². The lowest BCUT2D eigenvalue weighted by Crippen LogP contribution is -1.98. The molecule has 72 valence electrons. The Kier molecular flexibility index (Phi) is 3.39. The lowest BCUT2D eigenvalue weighted by atomic mass is 10.3. The average Bonchev–Trinajstić information content (AvgIpc) is 2.09. The molecular weight excluding hydrogens is 226 g/mol. The Bertz CT molecular complexity index is 317. The second-order valence-corrected chi connectivity index (χ2v) is 2.87. The number of alkyl halides is 3. The number of hydrogen-bond acceptors (Lipinski definition) is 1. The van der Waals surface area contributed by atoms with Crippen molar-refractivity contribution in [2.75, 3.05) is 0 Å². The van der Waals surface area contributed by atoms with Crippen LogP contribution in [0.1, 0.15) is 17.8 Å². The lowest BCUT2D eigenvalue weighted by molar-refractivity contribution is 0.145. The summed E-state index contributed by atoms with van der Waals surface area (Å²) in [6, 6.07) is 0.600. The number of aromatic nitrogens is 1. The first-order valence-electron chi connectivity index (χ1n) is 3.25. The smallest absolute Gasteiger partial charge is 0.249 e. The molecule has 0 aliphatic rings. The predicted molar refractivity (Wildman–Crippen MR) is 43.7 cm³/mol. The first-order valence-corrected chi connectivity index (χ1v) is 4.16. The molecule has 0 spiro atoms. The van der Waals surface area contributed by atoms with E-state index in [0.717, 1.165) is 0 Å². The van der Waals surface area contributed by atoms with Crippen molar-refractivity contribution in [3.63, 3.8) is 0 Å². The molecule has 0 radical (unpaired) electrons. The van der Waals surface area contributed by atoms with Crippen molar-refractivity contribution in [2.45, 2.75) is 12.3 Å². The van der Waals surface area contributed by atoms with Crippen molar-refractivity contribution in [3.8, 4) is 0 Å². The Morgan fingerprint density at radius 1 is 1.46 bits per heavy atom. The Morgan fingerprint density at radius 2 is 2.08 bits per heavy atom. The van der Waals surface area contributed by atoms with E-state index in [1.807, 2.05) is 0 Å². The molecule has 0 aromatic carbocycles. The first kappa shape index (κ1) is 10.6. The molecular formula is C7H4Cl2F3N. The Hall–Kier alpha value is -0.480. The van der Waals surface area contributed by atoms with Gasteiger partial charge in [0.05, 0.1) is 16.6 Å². The highest BCUT2D eigenvalue weighted by Crippen LogP contribution is 2.25. The third-order valence-corrected chi connectivity index (χ3v) is 2.00. The molecule has 0 atom stereocenters. The summed E-state index contributed by atoms with van der Waals surface area (Å²) in [7, 11) is 0. The molecule has 0 fully saturated rings. The van der Waals surface area contributed by atoms with Gasteiger partial charge in [0.25, 0.3) is 6.43 Å². The van der Waals surface area contributed by atoms with Gasteiger partial charge in [-0.15, -0.1) is 11.6 Å². The normalized spacial score (nSPS) is 10.9. The van der Waals surface area contributed by atoms with Crippen molar-refractivity contribution in [3.05, 3.63) is 28.3 Å². The first-order chi connectivity index (χ1) is 6.06.